The van der Waals surface area contributed by atoms with Crippen molar-refractivity contribution in [2.75, 3.05) is 19.8 Å². The molecule has 1 fully saturated rings. The summed E-state index contributed by atoms with van der Waals surface area (Å²) in [7, 11) is -1.65. The number of ether oxygens (including phenoxy) is 2. The molecule has 0 radical (unpaired) electrons. The average molecular weight is 274 g/mol. The Bertz CT molecular complexity index is 252. The van der Waals surface area contributed by atoms with Crippen molar-refractivity contribution in [1.29, 1.82) is 0 Å². The van der Waals surface area contributed by atoms with Gasteiger partial charge in [0.05, 0.1) is 13.2 Å². The third-order valence-electron chi connectivity index (χ3n) is 4.31. The third kappa shape index (κ3) is 4.05. The van der Waals surface area contributed by atoms with Crippen molar-refractivity contribution in [1.82, 2.24) is 0 Å². The largest absolute Gasteiger partial charge is 0.417 e. The number of hydrogen-bond donors (Lipinski definition) is 0. The van der Waals surface area contributed by atoms with Crippen molar-refractivity contribution in [3.05, 3.63) is 0 Å². The monoisotopic (exact) mass is 274 g/mol. The quantitative estimate of drug-likeness (QED) is 0.711. The maximum atomic E-state index is 6.20. The summed E-state index contributed by atoms with van der Waals surface area (Å²) in [4.78, 5) is 0. The van der Waals surface area contributed by atoms with E-state index in [1.54, 1.807) is 0 Å². The van der Waals surface area contributed by atoms with E-state index in [4.69, 9.17) is 13.9 Å². The second-order valence-electron chi connectivity index (χ2n) is 6.67. The Morgan fingerprint density at radius 1 is 1.17 bits per heavy atom. The molecule has 0 unspecified atom stereocenters. The van der Waals surface area contributed by atoms with Gasteiger partial charge in [-0.25, -0.2) is 0 Å². The molecular weight excluding hydrogens is 244 g/mol. The molecule has 0 saturated carbocycles. The van der Waals surface area contributed by atoms with Crippen LogP contribution in [-0.2, 0) is 13.9 Å². The van der Waals surface area contributed by atoms with Gasteiger partial charge in [0.2, 0.25) is 0 Å². The van der Waals surface area contributed by atoms with Crippen molar-refractivity contribution < 1.29 is 13.9 Å². The van der Waals surface area contributed by atoms with E-state index in [1.165, 1.54) is 0 Å². The average Bonchev–Trinajstić information content (AvgIpc) is 2.28. The molecule has 1 saturated heterocycles. The molecule has 0 atom stereocenters. The summed E-state index contributed by atoms with van der Waals surface area (Å²) >= 11 is 0. The number of rotatable bonds is 5. The van der Waals surface area contributed by atoms with Gasteiger partial charge in [0.25, 0.3) is 0 Å². The minimum atomic E-state index is -1.65. The van der Waals surface area contributed by atoms with Crippen LogP contribution in [-0.4, -0.2) is 33.9 Å². The fourth-order valence-corrected chi connectivity index (χ4v) is 2.87. The predicted molar refractivity (Wildman–Crippen MR) is 77.3 cm³/mol. The Hall–Kier alpha value is 0.0969. The second-order valence-corrected chi connectivity index (χ2v) is 11.5. The zero-order chi connectivity index (χ0) is 13.9. The van der Waals surface area contributed by atoms with Gasteiger partial charge in [-0.3, -0.25) is 0 Å². The van der Waals surface area contributed by atoms with Crippen LogP contribution in [0.25, 0.3) is 0 Å². The van der Waals surface area contributed by atoms with E-state index in [9.17, 15) is 0 Å². The first-order valence-electron chi connectivity index (χ1n) is 7.14. The molecule has 0 bridgehead atoms. The van der Waals surface area contributed by atoms with Gasteiger partial charge < -0.3 is 13.9 Å². The zero-order valence-electron chi connectivity index (χ0n) is 13.0. The van der Waals surface area contributed by atoms with Crippen LogP contribution in [0.1, 0.15) is 47.0 Å². The SMILES string of the molecule is CCC1(CCO[Si](C)(C)C(C)(C)C)OCCCO1. The molecule has 0 aromatic rings. The summed E-state index contributed by atoms with van der Waals surface area (Å²) in [6.45, 7) is 15.9. The van der Waals surface area contributed by atoms with Gasteiger partial charge in [-0.2, -0.15) is 0 Å². The normalized spacial score (nSPS) is 21.0. The Balaban J connectivity index is 2.45. The van der Waals surface area contributed by atoms with Crippen LogP contribution in [0, 0.1) is 0 Å². The van der Waals surface area contributed by atoms with Crippen molar-refractivity contribution in [2.24, 2.45) is 0 Å². The smallest absolute Gasteiger partial charge is 0.191 e. The minimum absolute atomic E-state index is 0.265. The molecule has 18 heavy (non-hydrogen) atoms. The molecule has 0 spiro atoms. The topological polar surface area (TPSA) is 27.7 Å². The van der Waals surface area contributed by atoms with Crippen LogP contribution in [0.3, 0.4) is 0 Å². The number of hydrogen-bond acceptors (Lipinski definition) is 3. The minimum Gasteiger partial charge on any atom is -0.417 e. The van der Waals surface area contributed by atoms with E-state index in [2.05, 4.69) is 40.8 Å². The fourth-order valence-electron chi connectivity index (χ4n) is 1.82. The Labute approximate surface area is 113 Å². The first kappa shape index (κ1) is 16.2. The van der Waals surface area contributed by atoms with Crippen LogP contribution < -0.4 is 0 Å². The molecule has 1 heterocycles. The standard InChI is InChI=1S/C14H30O3Si/c1-7-14(15-10-8-11-16-14)9-12-17-18(5,6)13(2,3)4/h7-12H2,1-6H3. The van der Waals surface area contributed by atoms with Gasteiger partial charge in [0.15, 0.2) is 14.1 Å². The highest BCUT2D eigenvalue weighted by molar-refractivity contribution is 6.74. The van der Waals surface area contributed by atoms with Crippen molar-refractivity contribution in [3.8, 4) is 0 Å². The lowest BCUT2D eigenvalue weighted by Gasteiger charge is -2.39. The molecule has 0 aromatic carbocycles. The molecule has 1 aliphatic heterocycles. The second kappa shape index (κ2) is 6.03. The fraction of sp³-hybridized carbons (Fsp3) is 1.00. The zero-order valence-corrected chi connectivity index (χ0v) is 14.0. The van der Waals surface area contributed by atoms with E-state index in [-0.39, 0.29) is 10.8 Å². The highest BCUT2D eigenvalue weighted by Gasteiger charge is 2.38. The lowest BCUT2D eigenvalue weighted by Crippen LogP contribution is -2.45. The van der Waals surface area contributed by atoms with Crippen LogP contribution in [0.5, 0.6) is 0 Å². The van der Waals surface area contributed by atoms with E-state index >= 15 is 0 Å². The van der Waals surface area contributed by atoms with Crippen LogP contribution in [0.2, 0.25) is 18.1 Å². The lowest BCUT2D eigenvalue weighted by atomic mass is 10.1. The highest BCUT2D eigenvalue weighted by Crippen LogP contribution is 2.37. The summed E-state index contributed by atoms with van der Waals surface area (Å²) in [5, 5.41) is 0.265. The Morgan fingerprint density at radius 2 is 1.72 bits per heavy atom. The van der Waals surface area contributed by atoms with Crippen molar-refractivity contribution in [3.63, 3.8) is 0 Å². The van der Waals surface area contributed by atoms with Crippen LogP contribution in [0.15, 0.2) is 0 Å². The van der Waals surface area contributed by atoms with Gasteiger partial charge in [0.1, 0.15) is 0 Å². The van der Waals surface area contributed by atoms with Gasteiger partial charge in [0, 0.05) is 13.0 Å². The first-order chi connectivity index (χ1) is 8.22. The molecule has 108 valence electrons. The predicted octanol–water partition coefficient (Wildman–Crippen LogP) is 3.94. The van der Waals surface area contributed by atoms with Gasteiger partial charge >= 0.3 is 0 Å². The maximum Gasteiger partial charge on any atom is 0.191 e. The summed E-state index contributed by atoms with van der Waals surface area (Å²) in [5.74, 6) is -0.388. The molecule has 3 nitrogen and oxygen atoms in total. The van der Waals surface area contributed by atoms with Gasteiger partial charge in [-0.05, 0) is 31.0 Å². The molecule has 0 aromatic heterocycles. The summed E-state index contributed by atoms with van der Waals surface area (Å²) in [5.41, 5.74) is 0. The van der Waals surface area contributed by atoms with Gasteiger partial charge in [-0.1, -0.05) is 27.7 Å². The molecule has 0 amide bonds. The van der Waals surface area contributed by atoms with Crippen molar-refractivity contribution >= 4 is 8.32 Å². The molecular formula is C14H30O3Si. The highest BCUT2D eigenvalue weighted by atomic mass is 28.4. The molecule has 4 heteroatoms. The molecule has 0 N–H and O–H groups in total. The van der Waals surface area contributed by atoms with E-state index in [0.29, 0.717) is 0 Å². The van der Waals surface area contributed by atoms with E-state index < -0.39 is 8.32 Å². The lowest BCUT2D eigenvalue weighted by molar-refractivity contribution is -0.273. The Kier molecular flexibility index (Phi) is 5.41. The van der Waals surface area contributed by atoms with Gasteiger partial charge in [-0.15, -0.1) is 0 Å². The van der Waals surface area contributed by atoms with E-state index in [0.717, 1.165) is 39.1 Å². The maximum absolute atomic E-state index is 6.20. The first-order valence-corrected chi connectivity index (χ1v) is 10.1. The van der Waals surface area contributed by atoms with Crippen molar-refractivity contribution in [2.45, 2.75) is 70.9 Å². The van der Waals surface area contributed by atoms with Crippen LogP contribution in [0.4, 0.5) is 0 Å². The molecule has 0 aliphatic carbocycles. The summed E-state index contributed by atoms with van der Waals surface area (Å²) in [6.07, 6.45) is 2.74. The molecule has 1 rings (SSSR count). The molecule has 1 aliphatic rings. The summed E-state index contributed by atoms with van der Waals surface area (Å²) < 4.78 is 17.9. The Morgan fingerprint density at radius 3 is 2.17 bits per heavy atom. The third-order valence-corrected chi connectivity index (χ3v) is 8.85. The summed E-state index contributed by atoms with van der Waals surface area (Å²) in [6, 6.07) is 0. The van der Waals surface area contributed by atoms with Crippen LogP contribution >= 0.6 is 0 Å². The van der Waals surface area contributed by atoms with E-state index in [1.807, 2.05) is 0 Å².